The van der Waals surface area contributed by atoms with E-state index in [-0.39, 0.29) is 37.3 Å². The van der Waals surface area contributed by atoms with Gasteiger partial charge in [0.25, 0.3) is 5.92 Å². The average molecular weight is 225 g/mol. The summed E-state index contributed by atoms with van der Waals surface area (Å²) in [6.45, 7) is 0.285. The van der Waals surface area contributed by atoms with Crippen molar-refractivity contribution >= 4 is 9.84 Å². The van der Waals surface area contributed by atoms with Crippen LogP contribution in [0, 0.1) is 0 Å². The maximum absolute atomic E-state index is 13.5. The van der Waals surface area contributed by atoms with Gasteiger partial charge >= 0.3 is 0 Å². The zero-order chi connectivity index (χ0) is 10.4. The smallest absolute Gasteiger partial charge is 0.267 e. The molecule has 2 heterocycles. The first-order valence-electron chi connectivity index (χ1n) is 4.70. The van der Waals surface area contributed by atoms with Crippen molar-refractivity contribution in [3.63, 3.8) is 0 Å². The first-order valence-corrected chi connectivity index (χ1v) is 6.52. The molecule has 1 N–H and O–H groups in total. The predicted molar refractivity (Wildman–Crippen MR) is 48.2 cm³/mol. The van der Waals surface area contributed by atoms with Crippen molar-refractivity contribution < 1.29 is 17.2 Å². The van der Waals surface area contributed by atoms with Gasteiger partial charge in [0.2, 0.25) is 0 Å². The van der Waals surface area contributed by atoms with Gasteiger partial charge in [0.15, 0.2) is 0 Å². The van der Waals surface area contributed by atoms with Gasteiger partial charge in [-0.25, -0.2) is 17.2 Å². The van der Waals surface area contributed by atoms with Crippen LogP contribution < -0.4 is 5.32 Å². The fourth-order valence-electron chi connectivity index (χ4n) is 2.26. The molecule has 6 heteroatoms. The molecule has 14 heavy (non-hydrogen) atoms. The Bertz CT molecular complexity index is 325. The molecule has 0 radical (unpaired) electrons. The molecule has 0 unspecified atom stereocenters. The van der Waals surface area contributed by atoms with Gasteiger partial charge in [-0.1, -0.05) is 0 Å². The van der Waals surface area contributed by atoms with Gasteiger partial charge in [-0.15, -0.1) is 0 Å². The van der Waals surface area contributed by atoms with E-state index in [2.05, 4.69) is 5.32 Å². The summed E-state index contributed by atoms with van der Waals surface area (Å²) in [4.78, 5) is 0. The van der Waals surface area contributed by atoms with Crippen molar-refractivity contribution in [1.29, 1.82) is 0 Å². The van der Waals surface area contributed by atoms with Gasteiger partial charge in [-0.05, 0) is 12.8 Å². The lowest BCUT2D eigenvalue weighted by atomic mass is 9.87. The highest BCUT2D eigenvalue weighted by Gasteiger charge is 2.58. The van der Waals surface area contributed by atoms with E-state index in [0.717, 1.165) is 0 Å². The van der Waals surface area contributed by atoms with E-state index in [1.165, 1.54) is 0 Å². The van der Waals surface area contributed by atoms with Crippen LogP contribution in [0.4, 0.5) is 8.78 Å². The second kappa shape index (κ2) is 2.88. The molecule has 0 aromatic carbocycles. The minimum Gasteiger partial charge on any atom is -0.306 e. The third kappa shape index (κ3) is 1.44. The molecule has 0 aliphatic carbocycles. The molecule has 0 aromatic rings. The van der Waals surface area contributed by atoms with E-state index >= 15 is 0 Å². The van der Waals surface area contributed by atoms with Crippen LogP contribution in [0.2, 0.25) is 0 Å². The third-order valence-corrected chi connectivity index (χ3v) is 4.93. The van der Waals surface area contributed by atoms with Gasteiger partial charge in [0, 0.05) is 13.0 Å². The minimum atomic E-state index is -3.07. The predicted octanol–water partition coefficient (Wildman–Crippen LogP) is 0.562. The number of hydrogen-bond donors (Lipinski definition) is 1. The number of nitrogens with one attached hydrogen (secondary N) is 1. The molecule has 0 aromatic heterocycles. The van der Waals surface area contributed by atoms with Crippen LogP contribution in [0.3, 0.4) is 0 Å². The van der Waals surface area contributed by atoms with Gasteiger partial charge in [-0.3, -0.25) is 0 Å². The van der Waals surface area contributed by atoms with Crippen molar-refractivity contribution in [2.24, 2.45) is 0 Å². The Kier molecular flexibility index (Phi) is 2.12. The molecule has 0 bridgehead atoms. The first kappa shape index (κ1) is 10.3. The standard InChI is InChI=1S/C8H13F2NO2S/c9-8(10)1-4-11-7(8)2-5-14(12,13)6-3-7/h11H,1-6H2. The molecule has 0 amide bonds. The van der Waals surface area contributed by atoms with Crippen LogP contribution in [-0.2, 0) is 9.84 Å². The van der Waals surface area contributed by atoms with Crippen molar-refractivity contribution in [2.75, 3.05) is 18.1 Å². The lowest BCUT2D eigenvalue weighted by Crippen LogP contribution is -2.56. The highest BCUT2D eigenvalue weighted by atomic mass is 32.2. The Morgan fingerprint density at radius 3 is 2.07 bits per heavy atom. The number of hydrogen-bond acceptors (Lipinski definition) is 3. The summed E-state index contributed by atoms with van der Waals surface area (Å²) >= 11 is 0. The quantitative estimate of drug-likeness (QED) is 0.655. The van der Waals surface area contributed by atoms with Crippen molar-refractivity contribution in [3.8, 4) is 0 Å². The Morgan fingerprint density at radius 2 is 1.64 bits per heavy atom. The maximum atomic E-state index is 13.5. The summed E-state index contributed by atoms with van der Waals surface area (Å²) in [5.74, 6) is -2.98. The number of halogens is 2. The molecule has 1 spiro atoms. The van der Waals surface area contributed by atoms with Crippen molar-refractivity contribution in [3.05, 3.63) is 0 Å². The average Bonchev–Trinajstić information content (AvgIpc) is 2.35. The number of rotatable bonds is 0. The molecule has 0 atom stereocenters. The second-order valence-electron chi connectivity index (χ2n) is 4.12. The lowest BCUT2D eigenvalue weighted by Gasteiger charge is -2.38. The van der Waals surface area contributed by atoms with Crippen molar-refractivity contribution in [2.45, 2.75) is 30.7 Å². The molecule has 2 saturated heterocycles. The van der Waals surface area contributed by atoms with Crippen molar-refractivity contribution in [1.82, 2.24) is 5.32 Å². The number of alkyl halides is 2. The zero-order valence-electron chi connectivity index (χ0n) is 7.72. The van der Waals surface area contributed by atoms with Gasteiger partial charge in [0.1, 0.15) is 9.84 Å². The Hall–Kier alpha value is -0.230. The fraction of sp³-hybridized carbons (Fsp3) is 1.00. The van der Waals surface area contributed by atoms with Crippen LogP contribution >= 0.6 is 0 Å². The lowest BCUT2D eigenvalue weighted by molar-refractivity contribution is -0.0643. The van der Waals surface area contributed by atoms with E-state index in [1.807, 2.05) is 0 Å². The highest BCUT2D eigenvalue weighted by molar-refractivity contribution is 7.91. The fourth-order valence-corrected chi connectivity index (χ4v) is 3.78. The molecule has 3 nitrogen and oxygen atoms in total. The summed E-state index contributed by atoms with van der Waals surface area (Å²) < 4.78 is 49.2. The highest BCUT2D eigenvalue weighted by Crippen LogP contribution is 2.43. The molecule has 0 saturated carbocycles. The monoisotopic (exact) mass is 225 g/mol. The summed E-state index contributed by atoms with van der Waals surface area (Å²) in [6.07, 6.45) is -0.0856. The van der Waals surface area contributed by atoms with Crippen LogP contribution in [0.25, 0.3) is 0 Å². The molecule has 2 rings (SSSR count). The summed E-state index contributed by atoms with van der Waals surface area (Å²) in [6, 6.07) is 0. The molecular formula is C8H13F2NO2S. The van der Waals surface area contributed by atoms with Crippen LogP contribution in [-0.4, -0.2) is 37.9 Å². The molecular weight excluding hydrogens is 212 g/mol. The largest absolute Gasteiger partial charge is 0.306 e. The molecule has 2 aliphatic heterocycles. The van der Waals surface area contributed by atoms with E-state index in [1.54, 1.807) is 0 Å². The van der Waals surface area contributed by atoms with Crippen LogP contribution in [0.1, 0.15) is 19.3 Å². The summed E-state index contributed by atoms with van der Waals surface area (Å²) in [5.41, 5.74) is -1.24. The molecule has 82 valence electrons. The van der Waals surface area contributed by atoms with Gasteiger partial charge < -0.3 is 5.32 Å². The Balaban J connectivity index is 2.20. The van der Waals surface area contributed by atoms with E-state index in [9.17, 15) is 17.2 Å². The Labute approximate surface area is 81.8 Å². The minimum absolute atomic E-state index is 0.0440. The first-order chi connectivity index (χ1) is 6.37. The zero-order valence-corrected chi connectivity index (χ0v) is 8.54. The summed E-state index contributed by atoms with van der Waals surface area (Å²) in [7, 11) is -3.07. The van der Waals surface area contributed by atoms with Gasteiger partial charge in [-0.2, -0.15) is 0 Å². The molecule has 2 aliphatic rings. The van der Waals surface area contributed by atoms with Crippen LogP contribution in [0.5, 0.6) is 0 Å². The SMILES string of the molecule is O=S1(=O)CCC2(CC1)NCCC2(F)F. The maximum Gasteiger partial charge on any atom is 0.267 e. The van der Waals surface area contributed by atoms with E-state index in [0.29, 0.717) is 0 Å². The molecule has 2 fully saturated rings. The number of sulfone groups is 1. The Morgan fingerprint density at radius 1 is 1.07 bits per heavy atom. The van der Waals surface area contributed by atoms with Crippen LogP contribution in [0.15, 0.2) is 0 Å². The topological polar surface area (TPSA) is 46.2 Å². The van der Waals surface area contributed by atoms with E-state index in [4.69, 9.17) is 0 Å². The van der Waals surface area contributed by atoms with E-state index < -0.39 is 21.3 Å². The second-order valence-corrected chi connectivity index (χ2v) is 6.42. The third-order valence-electron chi connectivity index (χ3n) is 3.28. The van der Waals surface area contributed by atoms with Gasteiger partial charge in [0.05, 0.1) is 17.0 Å². The summed E-state index contributed by atoms with van der Waals surface area (Å²) in [5, 5.41) is 2.79. The normalized spacial score (nSPS) is 33.3.